The second-order valence-electron chi connectivity index (χ2n) is 3.93. The molecular weight excluding hydrogens is 214 g/mol. The lowest BCUT2D eigenvalue weighted by molar-refractivity contribution is 0.198. The largest absolute Gasteiger partial charge is 0.350 e. The molecule has 1 fully saturated rings. The average Bonchev–Trinajstić information content (AvgIpc) is 2.27. The first-order chi connectivity index (χ1) is 6.20. The molecule has 2 N–H and O–H groups in total. The van der Waals surface area contributed by atoms with Crippen LogP contribution in [-0.4, -0.2) is 36.6 Å². The number of nitrogens with zero attached hydrogens (tertiary/aromatic N) is 1. The van der Waals surface area contributed by atoms with E-state index in [4.69, 9.17) is 5.73 Å². The predicted molar refractivity (Wildman–Crippen MR) is 48.3 cm³/mol. The first-order valence-corrected chi connectivity index (χ1v) is 5.76. The third-order valence-corrected chi connectivity index (χ3v) is 4.44. The number of halogens is 2. The second kappa shape index (κ2) is 3.39. The van der Waals surface area contributed by atoms with Crippen LogP contribution in [0.4, 0.5) is 8.78 Å². The van der Waals surface area contributed by atoms with Crippen LogP contribution >= 0.6 is 0 Å². The van der Waals surface area contributed by atoms with Gasteiger partial charge in [-0.2, -0.15) is 13.1 Å². The van der Waals surface area contributed by atoms with Crippen molar-refractivity contribution in [2.24, 2.45) is 5.73 Å². The van der Waals surface area contributed by atoms with Gasteiger partial charge in [0.1, 0.15) is 0 Å². The van der Waals surface area contributed by atoms with Gasteiger partial charge in [-0.05, 0) is 20.3 Å². The van der Waals surface area contributed by atoms with Crippen LogP contribution in [0.3, 0.4) is 0 Å². The van der Waals surface area contributed by atoms with Crippen molar-refractivity contribution < 1.29 is 17.2 Å². The molecule has 0 saturated carbocycles. The van der Waals surface area contributed by atoms with Crippen LogP contribution in [-0.2, 0) is 10.0 Å². The van der Waals surface area contributed by atoms with Crippen LogP contribution < -0.4 is 5.73 Å². The molecule has 0 aromatic rings. The van der Waals surface area contributed by atoms with Crippen LogP contribution in [0.15, 0.2) is 0 Å². The highest BCUT2D eigenvalue weighted by Crippen LogP contribution is 2.32. The second-order valence-corrected chi connectivity index (χ2v) is 5.75. The molecule has 0 radical (unpaired) electrons. The molecule has 1 aliphatic heterocycles. The maximum absolute atomic E-state index is 12.3. The molecule has 7 heteroatoms. The van der Waals surface area contributed by atoms with E-state index < -0.39 is 27.4 Å². The number of hydrogen-bond acceptors (Lipinski definition) is 3. The molecule has 1 heterocycles. The first-order valence-electron chi connectivity index (χ1n) is 4.26. The Morgan fingerprint density at radius 1 is 1.50 bits per heavy atom. The molecule has 0 spiro atoms. The first kappa shape index (κ1) is 11.8. The number of hydrogen-bond donors (Lipinski definition) is 1. The number of nitrogens with two attached hydrogens (primary N) is 1. The van der Waals surface area contributed by atoms with Crippen LogP contribution in [0.2, 0.25) is 0 Å². The number of alkyl halides is 2. The fourth-order valence-corrected chi connectivity index (χ4v) is 2.98. The number of sulfonamides is 1. The smallest absolute Gasteiger partial charge is 0.326 e. The van der Waals surface area contributed by atoms with Crippen LogP contribution in [0.25, 0.3) is 0 Å². The predicted octanol–water partition coefficient (Wildman–Crippen LogP) is 0.350. The minimum atomic E-state index is -4.50. The Hall–Kier alpha value is -0.270. The van der Waals surface area contributed by atoms with Gasteiger partial charge in [-0.3, -0.25) is 0 Å². The van der Waals surface area contributed by atoms with Crippen LogP contribution in [0.1, 0.15) is 20.3 Å². The quantitative estimate of drug-likeness (QED) is 0.741. The Balaban J connectivity index is 3.02. The molecule has 1 atom stereocenters. The Bertz CT molecular complexity index is 316. The van der Waals surface area contributed by atoms with E-state index >= 15 is 0 Å². The summed E-state index contributed by atoms with van der Waals surface area (Å²) in [4.78, 5) is 0. The summed E-state index contributed by atoms with van der Waals surface area (Å²) in [5.74, 6) is -3.37. The van der Waals surface area contributed by atoms with Crippen molar-refractivity contribution in [3.63, 3.8) is 0 Å². The van der Waals surface area contributed by atoms with Crippen molar-refractivity contribution in [2.75, 3.05) is 6.54 Å². The highest BCUT2D eigenvalue weighted by Gasteiger charge is 2.48. The van der Waals surface area contributed by atoms with E-state index in [0.717, 1.165) is 4.31 Å². The molecule has 0 aromatic heterocycles. The third-order valence-electron chi connectivity index (χ3n) is 2.73. The van der Waals surface area contributed by atoms with Gasteiger partial charge in [0.05, 0.1) is 0 Å². The van der Waals surface area contributed by atoms with Gasteiger partial charge in [-0.15, -0.1) is 0 Å². The summed E-state index contributed by atoms with van der Waals surface area (Å²) in [6.07, 6.45) is 0.416. The lowest BCUT2D eigenvalue weighted by Gasteiger charge is -2.32. The Kier molecular flexibility index (Phi) is 2.86. The molecule has 1 aliphatic rings. The van der Waals surface area contributed by atoms with Crippen molar-refractivity contribution in [2.45, 2.75) is 37.6 Å². The normalized spacial score (nSPS) is 28.6. The standard InChI is InChI=1S/C7H14F2N2O2S/c1-7(2)5(10)3-4-11(7)14(12,13)6(8)9/h5-6H,3-4,10H2,1-2H3. The van der Waals surface area contributed by atoms with E-state index in [9.17, 15) is 17.2 Å². The van der Waals surface area contributed by atoms with Gasteiger partial charge in [0.2, 0.25) is 0 Å². The Morgan fingerprint density at radius 3 is 2.29 bits per heavy atom. The molecule has 14 heavy (non-hydrogen) atoms. The van der Waals surface area contributed by atoms with Crippen molar-refractivity contribution in [1.82, 2.24) is 4.31 Å². The topological polar surface area (TPSA) is 63.4 Å². The van der Waals surface area contributed by atoms with E-state index in [-0.39, 0.29) is 6.54 Å². The summed E-state index contributed by atoms with van der Waals surface area (Å²) in [6.45, 7) is 3.19. The zero-order chi connectivity index (χ0) is 11.1. The molecule has 0 aliphatic carbocycles. The Labute approximate surface area is 82.1 Å². The number of rotatable bonds is 2. The molecule has 84 valence electrons. The van der Waals surface area contributed by atoms with E-state index in [1.165, 1.54) is 0 Å². The minimum Gasteiger partial charge on any atom is -0.326 e. The van der Waals surface area contributed by atoms with Crippen LogP contribution in [0.5, 0.6) is 0 Å². The highest BCUT2D eigenvalue weighted by molar-refractivity contribution is 7.89. The minimum absolute atomic E-state index is 0.0703. The summed E-state index contributed by atoms with van der Waals surface area (Å²) in [5, 5.41) is 0. The summed E-state index contributed by atoms with van der Waals surface area (Å²) >= 11 is 0. The molecule has 0 aromatic carbocycles. The summed E-state index contributed by atoms with van der Waals surface area (Å²) in [6, 6.07) is -0.393. The van der Waals surface area contributed by atoms with Gasteiger partial charge < -0.3 is 5.73 Å². The zero-order valence-corrected chi connectivity index (χ0v) is 8.89. The monoisotopic (exact) mass is 228 g/mol. The van der Waals surface area contributed by atoms with Gasteiger partial charge in [-0.25, -0.2) is 8.42 Å². The fraction of sp³-hybridized carbons (Fsp3) is 1.00. The molecule has 1 saturated heterocycles. The third kappa shape index (κ3) is 1.64. The van der Waals surface area contributed by atoms with E-state index in [1.807, 2.05) is 0 Å². The summed E-state index contributed by atoms with van der Waals surface area (Å²) in [7, 11) is -4.50. The van der Waals surface area contributed by atoms with E-state index in [2.05, 4.69) is 0 Å². The lowest BCUT2D eigenvalue weighted by atomic mass is 9.98. The highest BCUT2D eigenvalue weighted by atomic mass is 32.2. The fourth-order valence-electron chi connectivity index (χ4n) is 1.63. The SMILES string of the molecule is CC1(C)C(N)CCN1S(=O)(=O)C(F)F. The van der Waals surface area contributed by atoms with Gasteiger partial charge >= 0.3 is 5.76 Å². The molecule has 4 nitrogen and oxygen atoms in total. The molecular formula is C7H14F2N2O2S. The van der Waals surface area contributed by atoms with Gasteiger partial charge in [-0.1, -0.05) is 0 Å². The maximum Gasteiger partial charge on any atom is 0.350 e. The van der Waals surface area contributed by atoms with Crippen molar-refractivity contribution in [1.29, 1.82) is 0 Å². The van der Waals surface area contributed by atoms with Crippen LogP contribution in [0, 0.1) is 0 Å². The van der Waals surface area contributed by atoms with Gasteiger partial charge in [0.25, 0.3) is 10.0 Å². The summed E-state index contributed by atoms with van der Waals surface area (Å²) < 4.78 is 47.8. The average molecular weight is 228 g/mol. The van der Waals surface area contributed by atoms with Crippen molar-refractivity contribution >= 4 is 10.0 Å². The molecule has 1 rings (SSSR count). The van der Waals surface area contributed by atoms with E-state index in [1.54, 1.807) is 13.8 Å². The lowest BCUT2D eigenvalue weighted by Crippen LogP contribution is -2.52. The molecule has 1 unspecified atom stereocenters. The molecule has 0 bridgehead atoms. The molecule has 0 amide bonds. The van der Waals surface area contributed by atoms with Gasteiger partial charge in [0, 0.05) is 18.1 Å². The van der Waals surface area contributed by atoms with E-state index in [0.29, 0.717) is 6.42 Å². The van der Waals surface area contributed by atoms with Gasteiger partial charge in [0.15, 0.2) is 0 Å². The van der Waals surface area contributed by atoms with Crippen molar-refractivity contribution in [3.05, 3.63) is 0 Å². The van der Waals surface area contributed by atoms with Crippen molar-refractivity contribution in [3.8, 4) is 0 Å². The maximum atomic E-state index is 12.3. The summed E-state index contributed by atoms with van der Waals surface area (Å²) in [5.41, 5.74) is 4.73. The Morgan fingerprint density at radius 2 is 2.00 bits per heavy atom. The zero-order valence-electron chi connectivity index (χ0n) is 8.07.